The molecule has 1 aromatic carbocycles. The van der Waals surface area contributed by atoms with Gasteiger partial charge in [0.25, 0.3) is 0 Å². The molecule has 0 bridgehead atoms. The average molecular weight is 287 g/mol. The lowest BCUT2D eigenvalue weighted by Crippen LogP contribution is -2.45. The molecule has 3 heteroatoms. The molecule has 0 aromatic heterocycles. The molecule has 2 aliphatic heterocycles. The third-order valence-corrected chi connectivity index (χ3v) is 5.21. The maximum absolute atomic E-state index is 3.74. The highest BCUT2D eigenvalue weighted by Gasteiger charge is 2.22. The number of likely N-dealkylation sites (tertiary alicyclic amines) is 1. The van der Waals surface area contributed by atoms with Crippen LogP contribution in [-0.2, 0) is 6.54 Å². The van der Waals surface area contributed by atoms with E-state index >= 15 is 0 Å². The second-order valence-electron chi connectivity index (χ2n) is 6.79. The molecule has 2 saturated heterocycles. The van der Waals surface area contributed by atoms with Crippen LogP contribution in [0.1, 0.15) is 38.2 Å². The Bertz CT molecular complexity index is 436. The molecule has 2 heterocycles. The van der Waals surface area contributed by atoms with Crippen LogP contribution < -0.4 is 10.2 Å². The van der Waals surface area contributed by atoms with E-state index in [1.54, 1.807) is 0 Å². The van der Waals surface area contributed by atoms with Gasteiger partial charge < -0.3 is 15.1 Å². The van der Waals surface area contributed by atoms with Crippen LogP contribution in [0.4, 0.5) is 5.69 Å². The fourth-order valence-corrected chi connectivity index (χ4v) is 3.54. The molecule has 2 fully saturated rings. The Balaban J connectivity index is 1.49. The third kappa shape index (κ3) is 3.78. The van der Waals surface area contributed by atoms with Crippen molar-refractivity contribution in [2.45, 2.75) is 51.2 Å². The molecule has 0 radical (unpaired) electrons. The van der Waals surface area contributed by atoms with E-state index in [1.807, 2.05) is 0 Å². The van der Waals surface area contributed by atoms with E-state index in [0.29, 0.717) is 12.1 Å². The molecule has 0 spiro atoms. The minimum absolute atomic E-state index is 0.675. The van der Waals surface area contributed by atoms with Crippen molar-refractivity contribution in [3.8, 4) is 0 Å². The van der Waals surface area contributed by atoms with Crippen molar-refractivity contribution in [2.75, 3.05) is 31.6 Å². The molecular formula is C18H29N3. The van der Waals surface area contributed by atoms with Gasteiger partial charge in [-0.25, -0.2) is 0 Å². The number of hydrogen-bond acceptors (Lipinski definition) is 3. The number of benzene rings is 1. The van der Waals surface area contributed by atoms with Gasteiger partial charge in [0.2, 0.25) is 0 Å². The SMILES string of the molecule is CC1CC(NCc2ccc(N3CCCC3)cc2)CCN1C. The normalized spacial score (nSPS) is 27.2. The number of rotatable bonds is 4. The summed E-state index contributed by atoms with van der Waals surface area (Å²) in [7, 11) is 2.23. The Labute approximate surface area is 129 Å². The van der Waals surface area contributed by atoms with Crippen LogP contribution in [0.25, 0.3) is 0 Å². The van der Waals surface area contributed by atoms with Crippen LogP contribution in [-0.4, -0.2) is 43.7 Å². The number of hydrogen-bond donors (Lipinski definition) is 1. The van der Waals surface area contributed by atoms with Gasteiger partial charge in [0.1, 0.15) is 0 Å². The van der Waals surface area contributed by atoms with Crippen molar-refractivity contribution >= 4 is 5.69 Å². The fourth-order valence-electron chi connectivity index (χ4n) is 3.54. The molecule has 0 saturated carbocycles. The molecule has 0 amide bonds. The first-order valence-corrected chi connectivity index (χ1v) is 8.50. The predicted molar refractivity (Wildman–Crippen MR) is 89.8 cm³/mol. The summed E-state index contributed by atoms with van der Waals surface area (Å²) in [5, 5.41) is 3.74. The van der Waals surface area contributed by atoms with E-state index in [4.69, 9.17) is 0 Å². The molecule has 1 aromatic rings. The number of piperidine rings is 1. The molecule has 0 aliphatic carbocycles. The van der Waals surface area contributed by atoms with Gasteiger partial charge in [0, 0.05) is 37.4 Å². The fraction of sp³-hybridized carbons (Fsp3) is 0.667. The quantitative estimate of drug-likeness (QED) is 0.918. The molecule has 2 aliphatic rings. The van der Waals surface area contributed by atoms with Gasteiger partial charge in [-0.1, -0.05) is 12.1 Å². The van der Waals surface area contributed by atoms with Crippen LogP contribution in [0, 0.1) is 0 Å². The maximum atomic E-state index is 3.74. The Hall–Kier alpha value is -1.06. The second-order valence-corrected chi connectivity index (χ2v) is 6.79. The average Bonchev–Trinajstić information content (AvgIpc) is 3.03. The molecule has 3 rings (SSSR count). The Morgan fingerprint density at radius 2 is 1.81 bits per heavy atom. The first kappa shape index (κ1) is 14.9. The van der Waals surface area contributed by atoms with E-state index in [1.165, 1.54) is 56.6 Å². The first-order chi connectivity index (χ1) is 10.2. The van der Waals surface area contributed by atoms with Crippen LogP contribution in [0.15, 0.2) is 24.3 Å². The molecule has 21 heavy (non-hydrogen) atoms. The minimum atomic E-state index is 0.675. The summed E-state index contributed by atoms with van der Waals surface area (Å²) in [5.41, 5.74) is 2.80. The van der Waals surface area contributed by atoms with Crippen molar-refractivity contribution in [2.24, 2.45) is 0 Å². The molecule has 1 N–H and O–H groups in total. The Morgan fingerprint density at radius 1 is 1.10 bits per heavy atom. The van der Waals surface area contributed by atoms with Crippen LogP contribution in [0.5, 0.6) is 0 Å². The molecule has 3 nitrogen and oxygen atoms in total. The van der Waals surface area contributed by atoms with Crippen molar-refractivity contribution < 1.29 is 0 Å². The topological polar surface area (TPSA) is 18.5 Å². The smallest absolute Gasteiger partial charge is 0.0366 e. The van der Waals surface area contributed by atoms with E-state index in [-0.39, 0.29) is 0 Å². The summed E-state index contributed by atoms with van der Waals surface area (Å²) in [6.45, 7) is 7.00. The number of anilines is 1. The van der Waals surface area contributed by atoms with Crippen molar-refractivity contribution in [1.29, 1.82) is 0 Å². The Kier molecular flexibility index (Phi) is 4.81. The first-order valence-electron chi connectivity index (χ1n) is 8.50. The largest absolute Gasteiger partial charge is 0.372 e. The van der Waals surface area contributed by atoms with Gasteiger partial charge in [-0.15, -0.1) is 0 Å². The standard InChI is InChI=1S/C18H29N3/c1-15-13-17(9-12-20(15)2)19-14-16-5-7-18(8-6-16)21-10-3-4-11-21/h5-8,15,17,19H,3-4,9-14H2,1-2H3. The van der Waals surface area contributed by atoms with Gasteiger partial charge in [-0.3, -0.25) is 0 Å². The maximum Gasteiger partial charge on any atom is 0.0366 e. The summed E-state index contributed by atoms with van der Waals surface area (Å²) >= 11 is 0. The molecular weight excluding hydrogens is 258 g/mol. The van der Waals surface area contributed by atoms with E-state index in [9.17, 15) is 0 Å². The monoisotopic (exact) mass is 287 g/mol. The number of nitrogens with one attached hydrogen (secondary N) is 1. The predicted octanol–water partition coefficient (Wildman–Crippen LogP) is 2.86. The van der Waals surface area contributed by atoms with Crippen molar-refractivity contribution in [3.63, 3.8) is 0 Å². The van der Waals surface area contributed by atoms with Crippen LogP contribution >= 0.6 is 0 Å². The summed E-state index contributed by atoms with van der Waals surface area (Å²) in [5.74, 6) is 0. The highest BCUT2D eigenvalue weighted by molar-refractivity contribution is 5.48. The van der Waals surface area contributed by atoms with Crippen LogP contribution in [0.2, 0.25) is 0 Å². The summed E-state index contributed by atoms with van der Waals surface area (Å²) in [6.07, 6.45) is 5.23. The van der Waals surface area contributed by atoms with Gasteiger partial charge in [-0.05, 0) is 63.9 Å². The van der Waals surface area contributed by atoms with Crippen molar-refractivity contribution in [1.82, 2.24) is 10.2 Å². The van der Waals surface area contributed by atoms with Gasteiger partial charge in [-0.2, -0.15) is 0 Å². The van der Waals surface area contributed by atoms with Crippen molar-refractivity contribution in [3.05, 3.63) is 29.8 Å². The lowest BCUT2D eigenvalue weighted by Gasteiger charge is -2.35. The number of nitrogens with zero attached hydrogens (tertiary/aromatic N) is 2. The van der Waals surface area contributed by atoms with Crippen LogP contribution in [0.3, 0.4) is 0 Å². The zero-order valence-electron chi connectivity index (χ0n) is 13.5. The van der Waals surface area contributed by atoms with Gasteiger partial charge in [0.05, 0.1) is 0 Å². The van der Waals surface area contributed by atoms with E-state index < -0.39 is 0 Å². The molecule has 116 valence electrons. The van der Waals surface area contributed by atoms with E-state index in [0.717, 1.165) is 6.54 Å². The van der Waals surface area contributed by atoms with Gasteiger partial charge >= 0.3 is 0 Å². The lowest BCUT2D eigenvalue weighted by molar-refractivity contribution is 0.168. The third-order valence-electron chi connectivity index (χ3n) is 5.21. The minimum Gasteiger partial charge on any atom is -0.372 e. The van der Waals surface area contributed by atoms with E-state index in [2.05, 4.69) is 53.4 Å². The second kappa shape index (κ2) is 6.80. The van der Waals surface area contributed by atoms with Gasteiger partial charge in [0.15, 0.2) is 0 Å². The summed E-state index contributed by atoms with van der Waals surface area (Å²) < 4.78 is 0. The zero-order chi connectivity index (χ0) is 14.7. The molecule has 2 atom stereocenters. The Morgan fingerprint density at radius 3 is 2.48 bits per heavy atom. The summed E-state index contributed by atoms with van der Waals surface area (Å²) in [6, 6.07) is 10.5. The molecule has 2 unspecified atom stereocenters. The highest BCUT2D eigenvalue weighted by atomic mass is 15.1. The zero-order valence-corrected chi connectivity index (χ0v) is 13.5. The lowest BCUT2D eigenvalue weighted by atomic mass is 9.99. The summed E-state index contributed by atoms with van der Waals surface area (Å²) in [4.78, 5) is 4.96. The highest BCUT2D eigenvalue weighted by Crippen LogP contribution is 2.21.